The first-order valence-corrected chi connectivity index (χ1v) is 5.84. The number of hydrogen-bond donors (Lipinski definition) is 3. The summed E-state index contributed by atoms with van der Waals surface area (Å²) in [4.78, 5) is 11.8. The van der Waals surface area contributed by atoms with Crippen molar-refractivity contribution in [3.05, 3.63) is 17.5 Å². The SMILES string of the molecule is Cc1nn(C)cc1C(=O)NNC(=S)NC1CC1. The van der Waals surface area contributed by atoms with Crippen LogP contribution in [0.3, 0.4) is 0 Å². The molecule has 0 atom stereocenters. The van der Waals surface area contributed by atoms with Gasteiger partial charge in [-0.2, -0.15) is 5.10 Å². The second kappa shape index (κ2) is 4.70. The summed E-state index contributed by atoms with van der Waals surface area (Å²) in [6.07, 6.45) is 3.94. The highest BCUT2D eigenvalue weighted by atomic mass is 32.1. The lowest BCUT2D eigenvalue weighted by Gasteiger charge is -2.10. The van der Waals surface area contributed by atoms with E-state index in [1.165, 1.54) is 0 Å². The van der Waals surface area contributed by atoms with Crippen molar-refractivity contribution in [2.75, 3.05) is 0 Å². The number of nitrogens with one attached hydrogen (secondary N) is 3. The van der Waals surface area contributed by atoms with Crippen molar-refractivity contribution in [1.29, 1.82) is 0 Å². The van der Waals surface area contributed by atoms with Crippen LogP contribution in [-0.2, 0) is 7.05 Å². The van der Waals surface area contributed by atoms with E-state index in [2.05, 4.69) is 21.3 Å². The molecule has 1 amide bonds. The number of aryl methyl sites for hydroxylation is 2. The fourth-order valence-corrected chi connectivity index (χ4v) is 1.67. The van der Waals surface area contributed by atoms with Gasteiger partial charge in [0.1, 0.15) is 0 Å². The molecule has 3 N–H and O–H groups in total. The second-order valence-electron chi connectivity index (χ2n) is 4.13. The summed E-state index contributed by atoms with van der Waals surface area (Å²) >= 11 is 5.02. The maximum atomic E-state index is 11.8. The van der Waals surface area contributed by atoms with Crippen LogP contribution in [0.2, 0.25) is 0 Å². The summed E-state index contributed by atoms with van der Waals surface area (Å²) in [6, 6.07) is 0.465. The van der Waals surface area contributed by atoms with Crippen LogP contribution in [-0.4, -0.2) is 26.8 Å². The van der Waals surface area contributed by atoms with Crippen LogP contribution in [0.15, 0.2) is 6.20 Å². The Balaban J connectivity index is 1.84. The van der Waals surface area contributed by atoms with Crippen molar-refractivity contribution in [3.63, 3.8) is 0 Å². The van der Waals surface area contributed by atoms with Gasteiger partial charge in [0.05, 0.1) is 11.3 Å². The van der Waals surface area contributed by atoms with Crippen LogP contribution in [0.4, 0.5) is 0 Å². The highest BCUT2D eigenvalue weighted by molar-refractivity contribution is 7.80. The highest BCUT2D eigenvalue weighted by Gasteiger charge is 2.22. The van der Waals surface area contributed by atoms with Crippen LogP contribution < -0.4 is 16.2 Å². The van der Waals surface area contributed by atoms with E-state index in [-0.39, 0.29) is 5.91 Å². The Labute approximate surface area is 105 Å². The predicted octanol–water partition coefficient (Wildman–Crippen LogP) is -0.000180. The molecule has 0 unspecified atom stereocenters. The monoisotopic (exact) mass is 253 g/mol. The average Bonchev–Trinajstić information content (AvgIpc) is 3.00. The molecule has 1 aromatic heterocycles. The summed E-state index contributed by atoms with van der Waals surface area (Å²) in [5.74, 6) is -0.240. The summed E-state index contributed by atoms with van der Waals surface area (Å²) < 4.78 is 1.60. The number of nitrogens with zero attached hydrogens (tertiary/aromatic N) is 2. The first-order valence-electron chi connectivity index (χ1n) is 5.43. The molecule has 0 saturated heterocycles. The Morgan fingerprint density at radius 3 is 2.76 bits per heavy atom. The van der Waals surface area contributed by atoms with Crippen LogP contribution in [0.5, 0.6) is 0 Å². The Morgan fingerprint density at radius 2 is 2.24 bits per heavy atom. The lowest BCUT2D eigenvalue weighted by atomic mass is 10.2. The number of rotatable bonds is 2. The number of carbonyl (C=O) groups is 1. The molecule has 92 valence electrons. The molecule has 1 aromatic rings. The lowest BCUT2D eigenvalue weighted by molar-refractivity contribution is 0.0943. The molecule has 17 heavy (non-hydrogen) atoms. The molecule has 1 fully saturated rings. The number of carbonyl (C=O) groups excluding carboxylic acids is 1. The van der Waals surface area contributed by atoms with E-state index in [1.54, 1.807) is 24.9 Å². The van der Waals surface area contributed by atoms with Crippen LogP contribution in [0.1, 0.15) is 28.9 Å². The lowest BCUT2D eigenvalue weighted by Crippen LogP contribution is -2.47. The normalized spacial score (nSPS) is 14.2. The largest absolute Gasteiger partial charge is 0.359 e. The third-order valence-corrected chi connectivity index (χ3v) is 2.68. The standard InChI is InChI=1S/C10H15N5OS/c1-6-8(5-15(2)14-6)9(16)12-13-10(17)11-7-3-4-7/h5,7H,3-4H2,1-2H3,(H,12,16)(H2,11,13,17). The molecular weight excluding hydrogens is 238 g/mol. The summed E-state index contributed by atoms with van der Waals surface area (Å²) in [5, 5.41) is 7.61. The zero-order valence-electron chi connectivity index (χ0n) is 9.78. The molecule has 1 heterocycles. The molecule has 0 spiro atoms. The predicted molar refractivity (Wildman–Crippen MR) is 67.3 cm³/mol. The minimum absolute atomic E-state index is 0.240. The molecule has 0 aromatic carbocycles. The van der Waals surface area contributed by atoms with Crippen molar-refractivity contribution < 1.29 is 4.79 Å². The maximum Gasteiger partial charge on any atom is 0.273 e. The Bertz CT molecular complexity index is 452. The van der Waals surface area contributed by atoms with Crippen molar-refractivity contribution >= 4 is 23.2 Å². The number of amides is 1. The third-order valence-electron chi connectivity index (χ3n) is 2.46. The van der Waals surface area contributed by atoms with E-state index in [4.69, 9.17) is 12.2 Å². The van der Waals surface area contributed by atoms with Gasteiger partial charge in [-0.25, -0.2) is 0 Å². The van der Waals surface area contributed by atoms with Crippen LogP contribution in [0.25, 0.3) is 0 Å². The molecule has 1 saturated carbocycles. The van der Waals surface area contributed by atoms with Gasteiger partial charge < -0.3 is 5.32 Å². The molecule has 0 bridgehead atoms. The van der Waals surface area contributed by atoms with Crippen molar-refractivity contribution in [2.24, 2.45) is 7.05 Å². The Hall–Kier alpha value is -1.63. The Morgan fingerprint density at radius 1 is 1.53 bits per heavy atom. The summed E-state index contributed by atoms with van der Waals surface area (Å²) in [7, 11) is 1.77. The van der Waals surface area contributed by atoms with Crippen molar-refractivity contribution in [3.8, 4) is 0 Å². The van der Waals surface area contributed by atoms with Crippen LogP contribution >= 0.6 is 12.2 Å². The van der Waals surface area contributed by atoms with E-state index >= 15 is 0 Å². The highest BCUT2D eigenvalue weighted by Crippen LogP contribution is 2.18. The van der Waals surface area contributed by atoms with Gasteiger partial charge in [0.2, 0.25) is 0 Å². The van der Waals surface area contributed by atoms with Crippen molar-refractivity contribution in [1.82, 2.24) is 25.9 Å². The second-order valence-corrected chi connectivity index (χ2v) is 4.54. The van der Waals surface area contributed by atoms with Crippen molar-refractivity contribution in [2.45, 2.75) is 25.8 Å². The third kappa shape index (κ3) is 3.16. The zero-order chi connectivity index (χ0) is 12.4. The topological polar surface area (TPSA) is 71.0 Å². The minimum atomic E-state index is -0.240. The number of hydrogen-bond acceptors (Lipinski definition) is 3. The van der Waals surface area contributed by atoms with E-state index in [1.807, 2.05) is 0 Å². The maximum absolute atomic E-state index is 11.8. The van der Waals surface area contributed by atoms with Gasteiger partial charge in [-0.1, -0.05) is 0 Å². The summed E-state index contributed by atoms with van der Waals surface area (Å²) in [6.45, 7) is 1.79. The summed E-state index contributed by atoms with van der Waals surface area (Å²) in [5.41, 5.74) is 6.44. The average molecular weight is 253 g/mol. The Kier molecular flexibility index (Phi) is 3.28. The number of aromatic nitrogens is 2. The van der Waals surface area contributed by atoms with Gasteiger partial charge in [-0.05, 0) is 32.0 Å². The van der Waals surface area contributed by atoms with Crippen LogP contribution in [0, 0.1) is 6.92 Å². The molecule has 2 rings (SSSR count). The van der Waals surface area contributed by atoms with Gasteiger partial charge in [0.15, 0.2) is 5.11 Å². The molecule has 0 radical (unpaired) electrons. The van der Waals surface area contributed by atoms with E-state index in [9.17, 15) is 4.79 Å². The molecule has 7 heteroatoms. The molecule has 1 aliphatic rings. The van der Waals surface area contributed by atoms with Gasteiger partial charge in [0.25, 0.3) is 5.91 Å². The smallest absolute Gasteiger partial charge is 0.273 e. The molecule has 1 aliphatic carbocycles. The fraction of sp³-hybridized carbons (Fsp3) is 0.500. The fourth-order valence-electron chi connectivity index (χ4n) is 1.45. The number of thiocarbonyl (C=S) groups is 1. The molecule has 0 aliphatic heterocycles. The number of hydrazine groups is 1. The first-order chi connectivity index (χ1) is 8.06. The van der Waals surface area contributed by atoms with Gasteiger partial charge in [0, 0.05) is 19.3 Å². The van der Waals surface area contributed by atoms with Gasteiger partial charge >= 0.3 is 0 Å². The van der Waals surface area contributed by atoms with E-state index in [0.717, 1.165) is 12.8 Å². The van der Waals surface area contributed by atoms with E-state index < -0.39 is 0 Å². The van der Waals surface area contributed by atoms with Gasteiger partial charge in [-0.3, -0.25) is 20.3 Å². The quantitative estimate of drug-likeness (QED) is 0.511. The van der Waals surface area contributed by atoms with Gasteiger partial charge in [-0.15, -0.1) is 0 Å². The zero-order valence-corrected chi connectivity index (χ0v) is 10.6. The molecule has 6 nitrogen and oxygen atoms in total. The minimum Gasteiger partial charge on any atom is -0.359 e. The van der Waals surface area contributed by atoms with E-state index in [0.29, 0.717) is 22.4 Å². The molecular formula is C10H15N5OS. The first kappa shape index (κ1) is 11.8.